The molecule has 1 rings (SSSR count). The van der Waals surface area contributed by atoms with Gasteiger partial charge in [0.15, 0.2) is 11.5 Å². The fourth-order valence-corrected chi connectivity index (χ4v) is 1.98. The number of nitrogens with two attached hydrogens (primary N) is 1. The first-order valence-electron chi connectivity index (χ1n) is 6.44. The topological polar surface area (TPSA) is 75.0 Å². The number of rotatable bonds is 9. The third-order valence-corrected chi connectivity index (χ3v) is 3.04. The van der Waals surface area contributed by atoms with Crippen molar-refractivity contribution in [3.05, 3.63) is 17.7 Å². The molecule has 6 heteroatoms. The second-order valence-corrected chi connectivity index (χ2v) is 4.18. The Morgan fingerprint density at radius 1 is 1.00 bits per heavy atom. The molecule has 0 aliphatic heterocycles. The zero-order valence-electron chi connectivity index (χ0n) is 12.6. The second kappa shape index (κ2) is 8.63. The highest BCUT2D eigenvalue weighted by Crippen LogP contribution is 2.37. The Balaban J connectivity index is 3.05. The molecule has 0 aliphatic carbocycles. The van der Waals surface area contributed by atoms with E-state index in [1.165, 1.54) is 0 Å². The van der Waals surface area contributed by atoms with E-state index >= 15 is 0 Å². The minimum atomic E-state index is -0.0418. The van der Waals surface area contributed by atoms with E-state index in [-0.39, 0.29) is 6.04 Å². The van der Waals surface area contributed by atoms with Gasteiger partial charge in [-0.25, -0.2) is 0 Å². The lowest BCUT2D eigenvalue weighted by molar-refractivity contribution is 0.195. The predicted octanol–water partition coefficient (Wildman–Crippen LogP) is 0.948. The van der Waals surface area contributed by atoms with E-state index in [9.17, 15) is 0 Å². The van der Waals surface area contributed by atoms with Crippen molar-refractivity contribution in [1.82, 2.24) is 5.32 Å². The lowest BCUT2D eigenvalue weighted by Crippen LogP contribution is -2.31. The van der Waals surface area contributed by atoms with Gasteiger partial charge in [0.25, 0.3) is 0 Å². The Morgan fingerprint density at radius 2 is 1.60 bits per heavy atom. The van der Waals surface area contributed by atoms with Crippen molar-refractivity contribution in [2.75, 3.05) is 48.1 Å². The highest BCUT2D eigenvalue weighted by molar-refractivity contribution is 5.52. The molecule has 0 fully saturated rings. The van der Waals surface area contributed by atoms with Crippen LogP contribution in [0, 0.1) is 0 Å². The van der Waals surface area contributed by atoms with E-state index in [4.69, 9.17) is 24.7 Å². The van der Waals surface area contributed by atoms with E-state index in [1.54, 1.807) is 34.5 Å². The molecule has 0 aliphatic rings. The number of ether oxygens (including phenoxy) is 4. The van der Waals surface area contributed by atoms with Gasteiger partial charge in [-0.05, 0) is 6.07 Å². The van der Waals surface area contributed by atoms with Crippen molar-refractivity contribution >= 4 is 0 Å². The molecular weight excluding hydrogens is 260 g/mol. The van der Waals surface area contributed by atoms with Crippen LogP contribution in [0.2, 0.25) is 0 Å². The summed E-state index contributed by atoms with van der Waals surface area (Å²) in [5.41, 5.74) is 6.78. The highest BCUT2D eigenvalue weighted by Gasteiger charge is 2.18. The first kappa shape index (κ1) is 16.6. The molecule has 1 atom stereocenters. The number of hydrogen-bond donors (Lipinski definition) is 2. The molecule has 1 aromatic rings. The van der Waals surface area contributed by atoms with E-state index in [0.717, 1.165) is 5.56 Å². The highest BCUT2D eigenvalue weighted by atomic mass is 16.5. The predicted molar refractivity (Wildman–Crippen MR) is 77.8 cm³/mol. The van der Waals surface area contributed by atoms with Crippen LogP contribution in [0.4, 0.5) is 0 Å². The van der Waals surface area contributed by atoms with E-state index < -0.39 is 0 Å². The largest absolute Gasteiger partial charge is 0.496 e. The third kappa shape index (κ3) is 4.00. The molecule has 1 aromatic carbocycles. The summed E-state index contributed by atoms with van der Waals surface area (Å²) in [5.74, 6) is 1.99. The summed E-state index contributed by atoms with van der Waals surface area (Å²) in [6, 6.07) is 3.64. The normalized spacial score (nSPS) is 12.1. The molecule has 1 unspecified atom stereocenters. The van der Waals surface area contributed by atoms with Crippen LogP contribution in [0.3, 0.4) is 0 Å². The Labute approximate surface area is 120 Å². The van der Waals surface area contributed by atoms with Gasteiger partial charge in [0.05, 0.1) is 27.9 Å². The lowest BCUT2D eigenvalue weighted by Gasteiger charge is -2.21. The zero-order chi connectivity index (χ0) is 15.0. The Kier molecular flexibility index (Phi) is 7.14. The maximum atomic E-state index is 5.84. The smallest absolute Gasteiger partial charge is 0.164 e. The fraction of sp³-hybridized carbons (Fsp3) is 0.571. The monoisotopic (exact) mass is 284 g/mol. The zero-order valence-corrected chi connectivity index (χ0v) is 12.6. The lowest BCUT2D eigenvalue weighted by atomic mass is 10.0. The molecule has 0 heterocycles. The molecule has 20 heavy (non-hydrogen) atoms. The van der Waals surface area contributed by atoms with Gasteiger partial charge < -0.3 is 30.0 Å². The molecule has 0 saturated heterocycles. The standard InChI is InChI=1S/C14H24N2O4/c1-17-6-5-16-11(9-15)10-7-13(19-3)14(20-4)8-12(10)18-2/h7-8,11,16H,5-6,9,15H2,1-4H3. The average molecular weight is 284 g/mol. The van der Waals surface area contributed by atoms with Crippen molar-refractivity contribution in [2.45, 2.75) is 6.04 Å². The van der Waals surface area contributed by atoms with Crippen LogP contribution in [0.15, 0.2) is 12.1 Å². The Bertz CT molecular complexity index is 412. The molecule has 0 saturated carbocycles. The summed E-state index contributed by atoms with van der Waals surface area (Å²) in [6.07, 6.45) is 0. The van der Waals surface area contributed by atoms with Crippen molar-refractivity contribution in [1.29, 1.82) is 0 Å². The number of methoxy groups -OCH3 is 4. The molecule has 0 radical (unpaired) electrons. The van der Waals surface area contributed by atoms with Crippen LogP contribution in [-0.4, -0.2) is 48.1 Å². The summed E-state index contributed by atoms with van der Waals surface area (Å²) in [7, 11) is 6.47. The number of benzene rings is 1. The number of nitrogens with one attached hydrogen (secondary N) is 1. The summed E-state index contributed by atoms with van der Waals surface area (Å²) in [4.78, 5) is 0. The summed E-state index contributed by atoms with van der Waals surface area (Å²) in [6.45, 7) is 1.76. The van der Waals surface area contributed by atoms with Crippen LogP contribution in [0.5, 0.6) is 17.2 Å². The first-order chi connectivity index (χ1) is 9.71. The average Bonchev–Trinajstić information content (AvgIpc) is 2.50. The second-order valence-electron chi connectivity index (χ2n) is 4.18. The van der Waals surface area contributed by atoms with Crippen molar-refractivity contribution in [3.63, 3.8) is 0 Å². The van der Waals surface area contributed by atoms with Crippen LogP contribution in [-0.2, 0) is 4.74 Å². The van der Waals surface area contributed by atoms with Gasteiger partial charge in [-0.2, -0.15) is 0 Å². The van der Waals surface area contributed by atoms with Gasteiger partial charge in [0.1, 0.15) is 5.75 Å². The summed E-state index contributed by atoms with van der Waals surface area (Å²) < 4.78 is 21.0. The minimum Gasteiger partial charge on any atom is -0.496 e. The molecule has 0 bridgehead atoms. The van der Waals surface area contributed by atoms with Gasteiger partial charge in [-0.1, -0.05) is 0 Å². The van der Waals surface area contributed by atoms with Crippen LogP contribution < -0.4 is 25.3 Å². The summed E-state index contributed by atoms with van der Waals surface area (Å²) in [5, 5.41) is 3.32. The summed E-state index contributed by atoms with van der Waals surface area (Å²) >= 11 is 0. The van der Waals surface area contributed by atoms with Gasteiger partial charge in [0, 0.05) is 37.9 Å². The molecule has 3 N–H and O–H groups in total. The van der Waals surface area contributed by atoms with Gasteiger partial charge >= 0.3 is 0 Å². The van der Waals surface area contributed by atoms with Gasteiger partial charge in [0.2, 0.25) is 0 Å². The number of hydrogen-bond acceptors (Lipinski definition) is 6. The van der Waals surface area contributed by atoms with E-state index in [2.05, 4.69) is 5.32 Å². The Morgan fingerprint density at radius 3 is 2.10 bits per heavy atom. The van der Waals surface area contributed by atoms with Gasteiger partial charge in [-0.15, -0.1) is 0 Å². The molecule has 0 amide bonds. The van der Waals surface area contributed by atoms with Gasteiger partial charge in [-0.3, -0.25) is 0 Å². The molecular formula is C14H24N2O4. The van der Waals surface area contributed by atoms with Crippen molar-refractivity contribution < 1.29 is 18.9 Å². The fourth-order valence-electron chi connectivity index (χ4n) is 1.98. The van der Waals surface area contributed by atoms with Crippen LogP contribution >= 0.6 is 0 Å². The quantitative estimate of drug-likeness (QED) is 0.658. The first-order valence-corrected chi connectivity index (χ1v) is 6.44. The third-order valence-electron chi connectivity index (χ3n) is 3.04. The van der Waals surface area contributed by atoms with Crippen molar-refractivity contribution in [2.24, 2.45) is 5.73 Å². The SMILES string of the molecule is COCCNC(CN)c1cc(OC)c(OC)cc1OC. The van der Waals surface area contributed by atoms with E-state index in [0.29, 0.717) is 36.9 Å². The minimum absolute atomic E-state index is 0.0418. The molecule has 6 nitrogen and oxygen atoms in total. The Hall–Kier alpha value is -1.50. The molecule has 114 valence electrons. The maximum Gasteiger partial charge on any atom is 0.164 e. The maximum absolute atomic E-state index is 5.84. The molecule has 0 spiro atoms. The van der Waals surface area contributed by atoms with E-state index in [1.807, 2.05) is 6.07 Å². The van der Waals surface area contributed by atoms with Crippen molar-refractivity contribution in [3.8, 4) is 17.2 Å². The van der Waals surface area contributed by atoms with Crippen LogP contribution in [0.1, 0.15) is 11.6 Å². The molecule has 0 aromatic heterocycles. The van der Waals surface area contributed by atoms with Crippen LogP contribution in [0.25, 0.3) is 0 Å².